The Morgan fingerprint density at radius 3 is 2.62 bits per heavy atom. The molecule has 190 valence electrons. The fourth-order valence-electron chi connectivity index (χ4n) is 4.75. The molecule has 2 aromatic rings. The lowest BCUT2D eigenvalue weighted by Gasteiger charge is -2.25. The van der Waals surface area contributed by atoms with Gasteiger partial charge in [-0.05, 0) is 35.7 Å². The Morgan fingerprint density at radius 1 is 1.16 bits per heavy atom. The number of ether oxygens (including phenoxy) is 2. The monoisotopic (exact) mass is 504 g/mol. The van der Waals surface area contributed by atoms with Crippen molar-refractivity contribution < 1.29 is 33.8 Å². The number of rotatable bonds is 5. The summed E-state index contributed by atoms with van der Waals surface area (Å²) in [7, 11) is 2.94. The number of carbonyl (C=O) groups excluding carboxylic acids is 4. The van der Waals surface area contributed by atoms with E-state index in [0.29, 0.717) is 23.6 Å². The molecular weight excluding hydrogens is 480 g/mol. The molecule has 3 aliphatic rings. The number of aliphatic hydroxyl groups excluding tert-OH is 1. The molecule has 0 aliphatic carbocycles. The number of nitrogens with one attached hydrogen (secondary N) is 1. The normalized spacial score (nSPS) is 22.6. The van der Waals surface area contributed by atoms with Gasteiger partial charge in [0.25, 0.3) is 11.8 Å². The van der Waals surface area contributed by atoms with Gasteiger partial charge in [-0.25, -0.2) is 4.98 Å². The van der Waals surface area contributed by atoms with Crippen molar-refractivity contribution in [3.63, 3.8) is 0 Å². The van der Waals surface area contributed by atoms with Gasteiger partial charge in [-0.1, -0.05) is 12.0 Å². The number of hydrogen-bond acceptors (Lipinski definition) is 8. The van der Waals surface area contributed by atoms with E-state index < -0.39 is 29.2 Å². The van der Waals surface area contributed by atoms with Crippen LogP contribution in [0.4, 0.5) is 5.82 Å². The van der Waals surface area contributed by atoms with Crippen molar-refractivity contribution in [2.24, 2.45) is 5.41 Å². The summed E-state index contributed by atoms with van der Waals surface area (Å²) in [6.07, 6.45) is -1.02. The first-order valence-corrected chi connectivity index (χ1v) is 11.6. The molecule has 4 heterocycles. The maximum atomic E-state index is 13.1. The standard InChI is InChI=1S/C26H24N4O7/c1-36-16-4-3-15-13-29(23(33)17(15)11-16)14-26(12-22(32)28-25(26)35)9-7-18-20(37-2)5-6-21(27-18)30-10-8-19(31)24(30)34/h3-6,11,19,31H,8,10,12-14H2,1-2H3,(H,28,32,35)/t19-,26+/m0/s1. The third-order valence-electron chi connectivity index (χ3n) is 6.74. The highest BCUT2D eigenvalue weighted by molar-refractivity contribution is 6.08. The van der Waals surface area contributed by atoms with E-state index in [4.69, 9.17) is 9.47 Å². The van der Waals surface area contributed by atoms with Crippen LogP contribution in [-0.2, 0) is 20.9 Å². The van der Waals surface area contributed by atoms with Gasteiger partial charge in [0, 0.05) is 31.6 Å². The van der Waals surface area contributed by atoms with Crippen molar-refractivity contribution >= 4 is 29.4 Å². The van der Waals surface area contributed by atoms with Crippen molar-refractivity contribution in [3.05, 3.63) is 47.2 Å². The molecule has 0 bridgehead atoms. The Balaban J connectivity index is 1.48. The molecule has 2 N–H and O–H groups in total. The SMILES string of the molecule is COc1ccc2c(c1)C(=O)N(C[C@@]1(C#Cc3nc(N4CC[C@H](O)C4=O)ccc3OC)CC(=O)NC1=O)C2. The van der Waals surface area contributed by atoms with E-state index in [2.05, 4.69) is 22.1 Å². The highest BCUT2D eigenvalue weighted by Crippen LogP contribution is 2.34. The third kappa shape index (κ3) is 4.25. The van der Waals surface area contributed by atoms with Crippen LogP contribution in [0.25, 0.3) is 0 Å². The molecule has 0 saturated carbocycles. The van der Waals surface area contributed by atoms with E-state index in [9.17, 15) is 24.3 Å². The molecule has 0 spiro atoms. The van der Waals surface area contributed by atoms with E-state index in [1.807, 2.05) is 0 Å². The van der Waals surface area contributed by atoms with Crippen molar-refractivity contribution in [2.75, 3.05) is 32.2 Å². The Labute approximate surface area is 212 Å². The predicted octanol–water partition coefficient (Wildman–Crippen LogP) is 0.237. The lowest BCUT2D eigenvalue weighted by atomic mass is 9.86. The zero-order valence-electron chi connectivity index (χ0n) is 20.2. The molecule has 4 amide bonds. The van der Waals surface area contributed by atoms with E-state index in [1.54, 1.807) is 30.3 Å². The average molecular weight is 504 g/mol. The number of aromatic nitrogens is 1. The van der Waals surface area contributed by atoms with E-state index in [0.717, 1.165) is 5.56 Å². The van der Waals surface area contributed by atoms with Crippen molar-refractivity contribution in [1.82, 2.24) is 15.2 Å². The summed E-state index contributed by atoms with van der Waals surface area (Å²) >= 11 is 0. The van der Waals surface area contributed by atoms with Crippen molar-refractivity contribution in [3.8, 4) is 23.3 Å². The highest BCUT2D eigenvalue weighted by Gasteiger charge is 2.48. The summed E-state index contributed by atoms with van der Waals surface area (Å²) in [5.74, 6) is 5.06. The number of imide groups is 1. The largest absolute Gasteiger partial charge is 0.497 e. The summed E-state index contributed by atoms with van der Waals surface area (Å²) in [5, 5.41) is 12.1. The second-order valence-corrected chi connectivity index (χ2v) is 9.09. The third-order valence-corrected chi connectivity index (χ3v) is 6.74. The molecule has 2 atom stereocenters. The quantitative estimate of drug-likeness (QED) is 0.436. The Kier molecular flexibility index (Phi) is 6.05. The summed E-state index contributed by atoms with van der Waals surface area (Å²) in [5.41, 5.74) is -0.0874. The van der Waals surface area contributed by atoms with Gasteiger partial charge in [0.05, 0.1) is 20.6 Å². The minimum absolute atomic E-state index is 0.105. The maximum absolute atomic E-state index is 13.1. The number of aliphatic hydroxyl groups is 1. The number of anilines is 1. The topological polar surface area (TPSA) is 138 Å². The van der Waals surface area contributed by atoms with Gasteiger partial charge in [0.1, 0.15) is 23.1 Å². The van der Waals surface area contributed by atoms with Crippen LogP contribution in [0.1, 0.15) is 34.5 Å². The number of amides is 4. The first kappa shape index (κ1) is 24.3. The lowest BCUT2D eigenvalue weighted by molar-refractivity contribution is -0.127. The van der Waals surface area contributed by atoms with Gasteiger partial charge >= 0.3 is 0 Å². The van der Waals surface area contributed by atoms with Crippen molar-refractivity contribution in [2.45, 2.75) is 25.5 Å². The molecule has 0 radical (unpaired) electrons. The average Bonchev–Trinajstić information content (AvgIpc) is 3.49. The molecule has 2 saturated heterocycles. The Bertz CT molecular complexity index is 1400. The molecule has 1 aromatic heterocycles. The first-order chi connectivity index (χ1) is 17.7. The fourth-order valence-corrected chi connectivity index (χ4v) is 4.75. The van der Waals surface area contributed by atoms with Crippen molar-refractivity contribution in [1.29, 1.82) is 0 Å². The Morgan fingerprint density at radius 2 is 1.97 bits per heavy atom. The summed E-state index contributed by atoms with van der Waals surface area (Å²) in [6, 6.07) is 8.36. The van der Waals surface area contributed by atoms with Gasteiger partial charge in [-0.2, -0.15) is 0 Å². The van der Waals surface area contributed by atoms with E-state index in [1.165, 1.54) is 24.0 Å². The maximum Gasteiger partial charge on any atom is 0.257 e. The summed E-state index contributed by atoms with van der Waals surface area (Å²) < 4.78 is 10.6. The van der Waals surface area contributed by atoms with E-state index in [-0.39, 0.29) is 43.4 Å². The first-order valence-electron chi connectivity index (χ1n) is 11.6. The second kappa shape index (κ2) is 9.22. The van der Waals surface area contributed by atoms with Crippen LogP contribution in [0.3, 0.4) is 0 Å². The van der Waals surface area contributed by atoms with Gasteiger partial charge < -0.3 is 19.5 Å². The van der Waals surface area contributed by atoms with Crippen LogP contribution in [0.15, 0.2) is 30.3 Å². The number of nitrogens with zero attached hydrogens (tertiary/aromatic N) is 3. The molecule has 5 rings (SSSR count). The fraction of sp³-hybridized carbons (Fsp3) is 0.346. The number of fused-ring (bicyclic) bond motifs is 1. The number of benzene rings is 1. The van der Waals surface area contributed by atoms with Crippen LogP contribution in [0.5, 0.6) is 11.5 Å². The van der Waals surface area contributed by atoms with Gasteiger partial charge in [-0.15, -0.1) is 0 Å². The zero-order chi connectivity index (χ0) is 26.3. The van der Waals surface area contributed by atoms with Crippen LogP contribution in [0, 0.1) is 17.3 Å². The number of carbonyl (C=O) groups is 4. The summed E-state index contributed by atoms with van der Waals surface area (Å²) in [6.45, 7) is 0.460. The second-order valence-electron chi connectivity index (χ2n) is 9.09. The van der Waals surface area contributed by atoms with Gasteiger partial charge in [0.15, 0.2) is 11.4 Å². The van der Waals surface area contributed by atoms with Crippen LogP contribution in [0.2, 0.25) is 0 Å². The highest BCUT2D eigenvalue weighted by atomic mass is 16.5. The molecule has 11 heteroatoms. The number of hydrogen-bond donors (Lipinski definition) is 2. The zero-order valence-corrected chi connectivity index (χ0v) is 20.2. The van der Waals surface area contributed by atoms with Crippen LogP contribution < -0.4 is 19.7 Å². The van der Waals surface area contributed by atoms with E-state index >= 15 is 0 Å². The lowest BCUT2D eigenvalue weighted by Crippen LogP contribution is -2.42. The molecule has 2 fully saturated rings. The van der Waals surface area contributed by atoms with Gasteiger partial charge in [-0.3, -0.25) is 29.4 Å². The molecule has 0 unspecified atom stereocenters. The number of pyridine rings is 1. The van der Waals surface area contributed by atoms with Gasteiger partial charge in [0.2, 0.25) is 11.8 Å². The summed E-state index contributed by atoms with van der Waals surface area (Å²) in [4.78, 5) is 57.9. The minimum Gasteiger partial charge on any atom is -0.497 e. The molecule has 3 aliphatic heterocycles. The molecule has 37 heavy (non-hydrogen) atoms. The molecule has 11 nitrogen and oxygen atoms in total. The predicted molar refractivity (Wildman–Crippen MR) is 129 cm³/mol. The Hall–Kier alpha value is -4.43. The molecule has 1 aromatic carbocycles. The van der Waals surface area contributed by atoms with Crippen LogP contribution >= 0.6 is 0 Å². The minimum atomic E-state index is -1.50. The van der Waals surface area contributed by atoms with Crippen LogP contribution in [-0.4, -0.2) is 72.0 Å². The smallest absolute Gasteiger partial charge is 0.257 e. The molecular formula is C26H24N4O7. The number of methoxy groups -OCH3 is 2.